The number of rotatable bonds is 0. The van der Waals surface area contributed by atoms with E-state index < -0.39 is 0 Å². The highest BCUT2D eigenvalue weighted by atomic mass is 16.5. The number of hydrogen-bond donors (Lipinski definition) is 0. The van der Waals surface area contributed by atoms with E-state index in [0.717, 1.165) is 12.5 Å². The first-order valence-electron chi connectivity index (χ1n) is 4.78. The molecule has 1 heterocycles. The maximum absolute atomic E-state index is 5.79. The lowest BCUT2D eigenvalue weighted by Crippen LogP contribution is -2.30. The van der Waals surface area contributed by atoms with Crippen LogP contribution in [0.15, 0.2) is 0 Å². The highest BCUT2D eigenvalue weighted by Gasteiger charge is 2.68. The van der Waals surface area contributed by atoms with E-state index >= 15 is 0 Å². The Balaban J connectivity index is 2.15. The molecule has 11 heavy (non-hydrogen) atoms. The van der Waals surface area contributed by atoms with E-state index in [2.05, 4.69) is 13.8 Å². The summed E-state index contributed by atoms with van der Waals surface area (Å²) in [4.78, 5) is 0. The molecule has 3 aliphatic rings. The lowest BCUT2D eigenvalue weighted by atomic mass is 9.71. The van der Waals surface area contributed by atoms with Crippen molar-refractivity contribution >= 4 is 0 Å². The first-order valence-corrected chi connectivity index (χ1v) is 4.78. The zero-order valence-corrected chi connectivity index (χ0v) is 7.39. The standard InChI is InChI=1S/C10H16O/c1-9-4-3-7-5-8(9)11-6-10(7,9)2/h7-8H,3-6H2,1-2H3. The van der Waals surface area contributed by atoms with Gasteiger partial charge < -0.3 is 4.74 Å². The normalized spacial score (nSPS) is 66.0. The highest BCUT2D eigenvalue weighted by Crippen LogP contribution is 2.70. The summed E-state index contributed by atoms with van der Waals surface area (Å²) in [5, 5.41) is 0. The third-order valence-corrected chi connectivity index (χ3v) is 5.01. The Morgan fingerprint density at radius 2 is 2.09 bits per heavy atom. The van der Waals surface area contributed by atoms with Crippen LogP contribution in [0.5, 0.6) is 0 Å². The SMILES string of the molecule is CC12COC3CC1CCC32C. The Hall–Kier alpha value is -0.0400. The monoisotopic (exact) mass is 152 g/mol. The van der Waals surface area contributed by atoms with Crippen molar-refractivity contribution in [1.29, 1.82) is 0 Å². The van der Waals surface area contributed by atoms with Crippen molar-refractivity contribution in [3.8, 4) is 0 Å². The zero-order valence-electron chi connectivity index (χ0n) is 7.39. The summed E-state index contributed by atoms with van der Waals surface area (Å²) < 4.78 is 5.79. The lowest BCUT2D eigenvalue weighted by molar-refractivity contribution is 0.00996. The molecule has 2 saturated carbocycles. The van der Waals surface area contributed by atoms with E-state index in [1.165, 1.54) is 19.3 Å². The average Bonchev–Trinajstić information content (AvgIpc) is 2.45. The highest BCUT2D eigenvalue weighted by molar-refractivity contribution is 5.16. The van der Waals surface area contributed by atoms with Crippen LogP contribution in [0.25, 0.3) is 0 Å². The molecule has 3 fully saturated rings. The molecule has 4 unspecified atom stereocenters. The predicted molar refractivity (Wildman–Crippen MR) is 43.3 cm³/mol. The second kappa shape index (κ2) is 1.52. The van der Waals surface area contributed by atoms with Crippen LogP contribution in [0.2, 0.25) is 0 Å². The molecule has 4 bridgehead atoms. The zero-order chi connectivity index (χ0) is 7.69. The first-order chi connectivity index (χ1) is 5.17. The third kappa shape index (κ3) is 0.462. The summed E-state index contributed by atoms with van der Waals surface area (Å²) in [6.07, 6.45) is 4.85. The second-order valence-electron chi connectivity index (χ2n) is 5.11. The van der Waals surface area contributed by atoms with E-state index in [0.29, 0.717) is 16.9 Å². The maximum atomic E-state index is 5.79. The summed E-state index contributed by atoms with van der Waals surface area (Å²) >= 11 is 0. The molecule has 0 N–H and O–H groups in total. The maximum Gasteiger partial charge on any atom is 0.0638 e. The van der Waals surface area contributed by atoms with Crippen molar-refractivity contribution in [3.63, 3.8) is 0 Å². The van der Waals surface area contributed by atoms with Crippen molar-refractivity contribution in [2.45, 2.75) is 39.2 Å². The quantitative estimate of drug-likeness (QED) is 0.517. The van der Waals surface area contributed by atoms with Gasteiger partial charge in [0.25, 0.3) is 0 Å². The Labute approximate surface area is 68.1 Å². The summed E-state index contributed by atoms with van der Waals surface area (Å²) in [7, 11) is 0. The third-order valence-electron chi connectivity index (χ3n) is 5.01. The summed E-state index contributed by atoms with van der Waals surface area (Å²) in [5.41, 5.74) is 1.11. The van der Waals surface area contributed by atoms with Gasteiger partial charge in [0.05, 0.1) is 12.7 Å². The summed E-state index contributed by atoms with van der Waals surface area (Å²) in [6.45, 7) is 5.92. The smallest absolute Gasteiger partial charge is 0.0638 e. The average molecular weight is 152 g/mol. The van der Waals surface area contributed by atoms with Gasteiger partial charge in [-0.15, -0.1) is 0 Å². The van der Waals surface area contributed by atoms with E-state index in [1.54, 1.807) is 0 Å². The summed E-state index contributed by atoms with van der Waals surface area (Å²) in [5.74, 6) is 0.992. The molecular formula is C10H16O. The van der Waals surface area contributed by atoms with Crippen LogP contribution in [0.4, 0.5) is 0 Å². The second-order valence-corrected chi connectivity index (χ2v) is 5.11. The van der Waals surface area contributed by atoms with Gasteiger partial charge in [-0.05, 0) is 25.2 Å². The fourth-order valence-electron chi connectivity index (χ4n) is 3.78. The van der Waals surface area contributed by atoms with Crippen LogP contribution in [0.1, 0.15) is 33.1 Å². The molecule has 1 saturated heterocycles. The Morgan fingerprint density at radius 1 is 1.27 bits per heavy atom. The van der Waals surface area contributed by atoms with Gasteiger partial charge in [0, 0.05) is 10.8 Å². The van der Waals surface area contributed by atoms with Gasteiger partial charge >= 0.3 is 0 Å². The largest absolute Gasteiger partial charge is 0.377 e. The van der Waals surface area contributed by atoms with Gasteiger partial charge in [0.2, 0.25) is 0 Å². The van der Waals surface area contributed by atoms with E-state index in [4.69, 9.17) is 4.74 Å². The van der Waals surface area contributed by atoms with E-state index in [9.17, 15) is 0 Å². The van der Waals surface area contributed by atoms with Crippen molar-refractivity contribution in [2.75, 3.05) is 6.61 Å². The fourth-order valence-corrected chi connectivity index (χ4v) is 3.78. The minimum Gasteiger partial charge on any atom is -0.377 e. The molecular weight excluding hydrogens is 136 g/mol. The van der Waals surface area contributed by atoms with Crippen molar-refractivity contribution in [3.05, 3.63) is 0 Å². The van der Waals surface area contributed by atoms with Crippen LogP contribution in [0, 0.1) is 16.7 Å². The van der Waals surface area contributed by atoms with E-state index in [1.807, 2.05) is 0 Å². The van der Waals surface area contributed by atoms with E-state index in [-0.39, 0.29) is 0 Å². The molecule has 62 valence electrons. The van der Waals surface area contributed by atoms with Crippen LogP contribution in [-0.4, -0.2) is 12.7 Å². The molecule has 0 aromatic rings. The lowest BCUT2D eigenvalue weighted by Gasteiger charge is -2.31. The summed E-state index contributed by atoms with van der Waals surface area (Å²) in [6, 6.07) is 0. The minimum absolute atomic E-state index is 0.553. The molecule has 2 aliphatic carbocycles. The van der Waals surface area contributed by atoms with Gasteiger partial charge in [-0.1, -0.05) is 13.8 Å². The van der Waals surface area contributed by atoms with Crippen LogP contribution in [-0.2, 0) is 4.74 Å². The van der Waals surface area contributed by atoms with Crippen molar-refractivity contribution in [1.82, 2.24) is 0 Å². The molecule has 0 aromatic heterocycles. The fraction of sp³-hybridized carbons (Fsp3) is 1.00. The molecule has 0 amide bonds. The van der Waals surface area contributed by atoms with Crippen molar-refractivity contribution in [2.24, 2.45) is 16.7 Å². The number of hydrogen-bond acceptors (Lipinski definition) is 1. The molecule has 0 aromatic carbocycles. The van der Waals surface area contributed by atoms with Gasteiger partial charge in [0.15, 0.2) is 0 Å². The van der Waals surface area contributed by atoms with Crippen LogP contribution in [0.3, 0.4) is 0 Å². The molecule has 1 nitrogen and oxygen atoms in total. The molecule has 4 atom stereocenters. The minimum atomic E-state index is 0.553. The van der Waals surface area contributed by atoms with Gasteiger partial charge in [0.1, 0.15) is 0 Å². The Bertz CT molecular complexity index is 191. The molecule has 0 spiro atoms. The Morgan fingerprint density at radius 3 is 2.55 bits per heavy atom. The molecule has 1 aliphatic heterocycles. The first kappa shape index (κ1) is 6.47. The van der Waals surface area contributed by atoms with Crippen molar-refractivity contribution < 1.29 is 4.74 Å². The topological polar surface area (TPSA) is 9.23 Å². The number of ether oxygens (including phenoxy) is 1. The predicted octanol–water partition coefficient (Wildman–Crippen LogP) is 2.21. The molecule has 0 radical (unpaired) electrons. The molecule has 3 rings (SSSR count). The van der Waals surface area contributed by atoms with Crippen LogP contribution < -0.4 is 0 Å². The van der Waals surface area contributed by atoms with Gasteiger partial charge in [-0.3, -0.25) is 0 Å². The van der Waals surface area contributed by atoms with Gasteiger partial charge in [-0.25, -0.2) is 0 Å². The molecule has 1 heteroatoms. The Kier molecular flexibility index (Phi) is 0.893. The van der Waals surface area contributed by atoms with Gasteiger partial charge in [-0.2, -0.15) is 0 Å². The van der Waals surface area contributed by atoms with Crippen LogP contribution >= 0.6 is 0 Å².